The molecule has 3 N–H and O–H groups in total. The van der Waals surface area contributed by atoms with Crippen LogP contribution in [-0.4, -0.2) is 72.8 Å². The molecule has 3 aromatic carbocycles. The van der Waals surface area contributed by atoms with Crippen LogP contribution in [0.3, 0.4) is 0 Å². The lowest BCUT2D eigenvalue weighted by Gasteiger charge is -2.34. The van der Waals surface area contributed by atoms with Gasteiger partial charge in [-0.3, -0.25) is 9.69 Å². The second-order valence-corrected chi connectivity index (χ2v) is 10.7. The first kappa shape index (κ1) is 29.9. The van der Waals surface area contributed by atoms with E-state index < -0.39 is 0 Å². The first-order chi connectivity index (χ1) is 19.7. The van der Waals surface area contributed by atoms with Crippen LogP contribution in [0.5, 0.6) is 11.5 Å². The molecule has 3 atom stereocenters. The predicted octanol–water partition coefficient (Wildman–Crippen LogP) is 4.62. The Kier molecular flexibility index (Phi) is 10.2. The van der Waals surface area contributed by atoms with Crippen LogP contribution in [0.1, 0.15) is 25.0 Å². The number of anilines is 2. The number of likely N-dealkylation sites (N-methyl/N-ethyl adjacent to an activating group) is 1. The fourth-order valence-corrected chi connectivity index (χ4v) is 4.95. The monoisotopic (exact) mass is 560 g/mol. The van der Waals surface area contributed by atoms with Gasteiger partial charge in [-0.1, -0.05) is 37.3 Å². The van der Waals surface area contributed by atoms with Crippen LogP contribution >= 0.6 is 0 Å². The quantitative estimate of drug-likeness (QED) is 0.353. The molecule has 9 heteroatoms. The van der Waals surface area contributed by atoms with Gasteiger partial charge in [0.25, 0.3) is 0 Å². The second kappa shape index (κ2) is 14.0. The van der Waals surface area contributed by atoms with Crippen LogP contribution in [0.2, 0.25) is 0 Å². The molecule has 1 aliphatic heterocycles. The molecule has 0 fully saturated rings. The van der Waals surface area contributed by atoms with E-state index in [9.17, 15) is 14.7 Å². The summed E-state index contributed by atoms with van der Waals surface area (Å²) in [6.45, 7) is 5.60. The van der Waals surface area contributed by atoms with Gasteiger partial charge >= 0.3 is 6.03 Å². The number of hydrogen-bond acceptors (Lipinski definition) is 6. The number of urea groups is 1. The van der Waals surface area contributed by atoms with Crippen molar-refractivity contribution in [3.63, 3.8) is 0 Å². The van der Waals surface area contributed by atoms with E-state index in [0.29, 0.717) is 35.8 Å². The van der Waals surface area contributed by atoms with Gasteiger partial charge in [-0.25, -0.2) is 4.79 Å². The Bertz CT molecular complexity index is 1300. The van der Waals surface area contributed by atoms with E-state index in [0.717, 1.165) is 17.9 Å². The van der Waals surface area contributed by atoms with Crippen LogP contribution < -0.4 is 20.1 Å². The minimum Gasteiger partial charge on any atom is -0.497 e. The van der Waals surface area contributed by atoms with Crippen LogP contribution in [0.4, 0.5) is 16.2 Å². The number of carbonyl (C=O) groups excluding carboxylic acids is 2. The van der Waals surface area contributed by atoms with E-state index >= 15 is 0 Å². The highest BCUT2D eigenvalue weighted by Gasteiger charge is 2.31. The maximum Gasteiger partial charge on any atom is 0.323 e. The number of aliphatic hydroxyl groups is 1. The number of hydrogen-bond donors (Lipinski definition) is 3. The van der Waals surface area contributed by atoms with Crippen molar-refractivity contribution in [1.29, 1.82) is 0 Å². The third-order valence-electron chi connectivity index (χ3n) is 7.31. The molecular formula is C32H40N4O5. The van der Waals surface area contributed by atoms with Gasteiger partial charge in [0, 0.05) is 42.5 Å². The smallest absolute Gasteiger partial charge is 0.323 e. The van der Waals surface area contributed by atoms with Gasteiger partial charge in [0.1, 0.15) is 17.6 Å². The molecule has 0 saturated heterocycles. The molecule has 1 heterocycles. The van der Waals surface area contributed by atoms with Gasteiger partial charge in [0.05, 0.1) is 26.2 Å². The number of para-hydroxylation sites is 1. The Morgan fingerprint density at radius 3 is 2.49 bits per heavy atom. The number of rotatable bonds is 9. The fourth-order valence-electron chi connectivity index (χ4n) is 4.95. The number of nitrogens with zero attached hydrogens (tertiary/aromatic N) is 2. The Morgan fingerprint density at radius 1 is 1.10 bits per heavy atom. The third-order valence-corrected chi connectivity index (χ3v) is 7.31. The highest BCUT2D eigenvalue weighted by molar-refractivity contribution is 5.99. The van der Waals surface area contributed by atoms with Crippen LogP contribution in [0, 0.1) is 5.92 Å². The average molecular weight is 561 g/mol. The lowest BCUT2D eigenvalue weighted by atomic mass is 10.0. The summed E-state index contributed by atoms with van der Waals surface area (Å²) in [5.41, 5.74) is 3.06. The molecule has 4 rings (SSSR count). The maximum atomic E-state index is 13.5. The molecule has 0 saturated carbocycles. The summed E-state index contributed by atoms with van der Waals surface area (Å²) in [5, 5.41) is 15.6. The summed E-state index contributed by atoms with van der Waals surface area (Å²) in [6, 6.07) is 21.8. The normalized spacial score (nSPS) is 17.9. The Labute approximate surface area is 242 Å². The van der Waals surface area contributed by atoms with E-state index in [1.807, 2.05) is 62.5 Å². The van der Waals surface area contributed by atoms with Crippen molar-refractivity contribution >= 4 is 23.3 Å². The number of fused-ring (bicyclic) bond motifs is 1. The van der Waals surface area contributed by atoms with Crippen molar-refractivity contribution in [2.24, 2.45) is 5.92 Å². The van der Waals surface area contributed by atoms with Crippen LogP contribution in [-0.2, 0) is 17.8 Å². The van der Waals surface area contributed by atoms with Gasteiger partial charge < -0.3 is 30.1 Å². The maximum absolute atomic E-state index is 13.5. The molecule has 3 amide bonds. The minimum absolute atomic E-state index is 0.00771. The number of methoxy groups -OCH3 is 1. The van der Waals surface area contributed by atoms with E-state index in [-0.39, 0.29) is 43.0 Å². The summed E-state index contributed by atoms with van der Waals surface area (Å²) in [7, 11) is 3.70. The Balaban J connectivity index is 1.55. The summed E-state index contributed by atoms with van der Waals surface area (Å²) in [6.07, 6.45) is -0.132. The molecule has 218 valence electrons. The molecule has 1 aliphatic rings. The largest absolute Gasteiger partial charge is 0.497 e. The molecule has 3 aromatic rings. The molecule has 0 unspecified atom stereocenters. The zero-order valence-corrected chi connectivity index (χ0v) is 24.2. The summed E-state index contributed by atoms with van der Waals surface area (Å²) >= 11 is 0. The zero-order valence-electron chi connectivity index (χ0n) is 24.2. The molecular weight excluding hydrogens is 520 g/mol. The summed E-state index contributed by atoms with van der Waals surface area (Å²) < 4.78 is 11.9. The van der Waals surface area contributed by atoms with Crippen molar-refractivity contribution in [3.05, 3.63) is 83.9 Å². The van der Waals surface area contributed by atoms with Crippen LogP contribution in [0.15, 0.2) is 72.8 Å². The zero-order chi connectivity index (χ0) is 29.4. The number of aliphatic hydroxyl groups excluding tert-OH is 1. The molecule has 0 aliphatic carbocycles. The van der Waals surface area contributed by atoms with Crippen LogP contribution in [0.25, 0.3) is 0 Å². The van der Waals surface area contributed by atoms with Crippen molar-refractivity contribution in [1.82, 2.24) is 9.80 Å². The summed E-state index contributed by atoms with van der Waals surface area (Å²) in [4.78, 5) is 30.0. The number of carbonyl (C=O) groups is 2. The van der Waals surface area contributed by atoms with Gasteiger partial charge in [0.2, 0.25) is 5.91 Å². The first-order valence-corrected chi connectivity index (χ1v) is 13.9. The predicted molar refractivity (Wildman–Crippen MR) is 160 cm³/mol. The number of nitrogens with one attached hydrogen (secondary N) is 2. The molecule has 0 spiro atoms. The van der Waals surface area contributed by atoms with Crippen molar-refractivity contribution in [2.75, 3.05) is 44.5 Å². The van der Waals surface area contributed by atoms with Crippen molar-refractivity contribution in [3.8, 4) is 11.5 Å². The minimum atomic E-state index is -0.381. The van der Waals surface area contributed by atoms with Gasteiger partial charge in [0.15, 0.2) is 0 Å². The van der Waals surface area contributed by atoms with E-state index in [1.54, 1.807) is 36.3 Å². The van der Waals surface area contributed by atoms with E-state index in [2.05, 4.69) is 22.5 Å². The van der Waals surface area contributed by atoms with Crippen molar-refractivity contribution in [2.45, 2.75) is 39.0 Å². The Hall–Kier alpha value is -4.08. The lowest BCUT2D eigenvalue weighted by Crippen LogP contribution is -2.47. The molecule has 0 radical (unpaired) electrons. The summed E-state index contributed by atoms with van der Waals surface area (Å²) in [5.74, 6) is 1.32. The first-order valence-electron chi connectivity index (χ1n) is 13.9. The third kappa shape index (κ3) is 8.22. The fraction of sp³-hybridized carbons (Fsp3) is 0.375. The molecule has 0 aromatic heterocycles. The average Bonchev–Trinajstić information content (AvgIpc) is 3.01. The van der Waals surface area contributed by atoms with Gasteiger partial charge in [-0.2, -0.15) is 0 Å². The van der Waals surface area contributed by atoms with Gasteiger partial charge in [-0.05, 0) is 62.0 Å². The standard InChI is InChI=1S/C32H40N4O5/c1-22-18-36(23(2)21-37)31(38)17-25-16-27(34-32(39)33-26-8-6-5-7-9-26)12-15-29(25)41-30(22)20-35(3)19-24-10-13-28(40-4)14-11-24/h5-16,22-23,30,37H,17-21H2,1-4H3,(H2,33,34,39)/t22-,23-,30-/m1/s1. The molecule has 41 heavy (non-hydrogen) atoms. The SMILES string of the molecule is COc1ccc(CN(C)C[C@H]2Oc3ccc(NC(=O)Nc4ccccc4)cc3CC(=O)N([C@H](C)CO)C[C@H]2C)cc1. The molecule has 9 nitrogen and oxygen atoms in total. The second-order valence-electron chi connectivity index (χ2n) is 10.7. The molecule has 0 bridgehead atoms. The Morgan fingerprint density at radius 2 is 1.80 bits per heavy atom. The highest BCUT2D eigenvalue weighted by Crippen LogP contribution is 2.29. The number of amides is 3. The van der Waals surface area contributed by atoms with E-state index in [1.165, 1.54) is 0 Å². The van der Waals surface area contributed by atoms with E-state index in [4.69, 9.17) is 9.47 Å². The lowest BCUT2D eigenvalue weighted by molar-refractivity contribution is -0.134. The van der Waals surface area contributed by atoms with Crippen molar-refractivity contribution < 1.29 is 24.2 Å². The van der Waals surface area contributed by atoms with Gasteiger partial charge in [-0.15, -0.1) is 0 Å². The number of benzene rings is 3. The number of ether oxygens (including phenoxy) is 2. The topological polar surface area (TPSA) is 103 Å². The highest BCUT2D eigenvalue weighted by atomic mass is 16.5.